The molecule has 2 aromatic carbocycles. The number of carbonyl (C=O) groups is 1. The van der Waals surface area contributed by atoms with Crippen molar-refractivity contribution in [2.75, 3.05) is 0 Å². The summed E-state index contributed by atoms with van der Waals surface area (Å²) in [6.45, 7) is 2.01. The summed E-state index contributed by atoms with van der Waals surface area (Å²) < 4.78 is 64.8. The third-order valence-electron chi connectivity index (χ3n) is 6.89. The van der Waals surface area contributed by atoms with Gasteiger partial charge in [0.25, 0.3) is 0 Å². The first kappa shape index (κ1) is 27.7. The van der Waals surface area contributed by atoms with E-state index in [4.69, 9.17) is 39.5 Å². The second-order valence-electron chi connectivity index (χ2n) is 9.33. The number of alkyl halides is 3. The molecule has 0 aromatic heterocycles. The number of benzene rings is 2. The molecule has 0 saturated heterocycles. The molecule has 0 spiro atoms. The lowest BCUT2D eigenvalue weighted by molar-refractivity contribution is -0.195. The molecule has 1 fully saturated rings. The Balaban J connectivity index is 1.87. The molecule has 5 unspecified atom stereocenters. The first-order valence-corrected chi connectivity index (χ1v) is 13.2. The molecule has 0 amide bonds. The van der Waals surface area contributed by atoms with E-state index >= 15 is 13.2 Å². The van der Waals surface area contributed by atoms with Crippen LogP contribution in [0, 0.1) is 17.7 Å². The van der Waals surface area contributed by atoms with Gasteiger partial charge in [0.2, 0.25) is 0 Å². The topological polar surface area (TPSA) is 38.7 Å². The van der Waals surface area contributed by atoms with Crippen molar-refractivity contribution < 1.29 is 27.1 Å². The van der Waals surface area contributed by atoms with Crippen molar-refractivity contribution in [1.29, 1.82) is 0 Å². The molecule has 3 nitrogen and oxygen atoms in total. The third-order valence-corrected chi connectivity index (χ3v) is 8.69. The fourth-order valence-corrected chi connectivity index (χ4v) is 6.08. The summed E-state index contributed by atoms with van der Waals surface area (Å²) in [5.41, 5.74) is -3.08. The van der Waals surface area contributed by atoms with E-state index in [0.717, 1.165) is 31.0 Å². The highest BCUT2D eigenvalue weighted by Gasteiger charge is 2.67. The molecule has 0 radical (unpaired) electrons. The van der Waals surface area contributed by atoms with E-state index < -0.39 is 41.4 Å². The molecule has 0 bridgehead atoms. The second-order valence-corrected chi connectivity index (χ2v) is 11.4. The number of hydrogen-bond donors (Lipinski definition) is 0. The van der Waals surface area contributed by atoms with Gasteiger partial charge in [0.05, 0.1) is 25.6 Å². The molecule has 194 valence electrons. The van der Waals surface area contributed by atoms with Gasteiger partial charge in [-0.1, -0.05) is 54.2 Å². The van der Waals surface area contributed by atoms with Crippen molar-refractivity contribution in [3.8, 4) is 0 Å². The number of esters is 1. The molecule has 36 heavy (non-hydrogen) atoms. The lowest BCUT2D eigenvalue weighted by Crippen LogP contribution is -2.52. The maximum atomic E-state index is 15.1. The van der Waals surface area contributed by atoms with Crippen LogP contribution in [-0.2, 0) is 14.9 Å². The number of carbonyl (C=O) groups excluding carboxylic acids is 1. The van der Waals surface area contributed by atoms with Gasteiger partial charge in [-0.25, -0.2) is 4.39 Å². The van der Waals surface area contributed by atoms with E-state index in [0.29, 0.717) is 19.1 Å². The van der Waals surface area contributed by atoms with Gasteiger partial charge >= 0.3 is 12.1 Å². The zero-order valence-corrected chi connectivity index (χ0v) is 22.7. The van der Waals surface area contributed by atoms with Gasteiger partial charge in [-0.3, -0.25) is 9.79 Å². The summed E-state index contributed by atoms with van der Waals surface area (Å²) in [5, 5.41) is -0.501. The van der Waals surface area contributed by atoms with Gasteiger partial charge in [-0.05, 0) is 76.5 Å². The molecule has 4 rings (SSSR count). The Hall–Kier alpha value is -1.35. The van der Waals surface area contributed by atoms with Crippen molar-refractivity contribution in [3.63, 3.8) is 0 Å². The monoisotopic (exact) mass is 627 g/mol. The van der Waals surface area contributed by atoms with Crippen molar-refractivity contribution in [2.45, 2.75) is 56.3 Å². The molecule has 2 aromatic rings. The Kier molecular flexibility index (Phi) is 8.02. The number of ether oxygens (including phenoxy) is 1. The number of hydrogen-bond acceptors (Lipinski definition) is 3. The highest BCUT2D eigenvalue weighted by molar-refractivity contribution is 9.10. The zero-order chi connectivity index (χ0) is 26.4. The Morgan fingerprint density at radius 3 is 2.39 bits per heavy atom. The molecular formula is C25H21BrCl3F4NO2. The average Bonchev–Trinajstić information content (AvgIpc) is 3.21. The smallest absolute Gasteiger partial charge is 0.404 e. The maximum absolute atomic E-state index is 15.1. The number of rotatable bonds is 4. The van der Waals surface area contributed by atoms with Crippen LogP contribution >= 0.6 is 50.7 Å². The molecule has 11 heteroatoms. The largest absolute Gasteiger partial charge is 0.462 e. The maximum Gasteiger partial charge on any atom is 0.404 e. The van der Waals surface area contributed by atoms with Crippen LogP contribution in [-0.4, -0.2) is 24.5 Å². The first-order valence-electron chi connectivity index (χ1n) is 11.3. The summed E-state index contributed by atoms with van der Waals surface area (Å²) in [5.74, 6) is -3.21. The normalized spacial score (nSPS) is 28.4. The summed E-state index contributed by atoms with van der Waals surface area (Å²) >= 11 is 21.3. The highest BCUT2D eigenvalue weighted by atomic mass is 79.9. The Morgan fingerprint density at radius 1 is 1.14 bits per heavy atom. The van der Waals surface area contributed by atoms with Crippen LogP contribution in [0.15, 0.2) is 39.8 Å². The molecule has 2 aliphatic rings. The molecule has 5 atom stereocenters. The summed E-state index contributed by atoms with van der Waals surface area (Å²) in [6, 6.07) is 4.50. The van der Waals surface area contributed by atoms with Crippen LogP contribution in [0.3, 0.4) is 0 Å². The van der Waals surface area contributed by atoms with Crippen LogP contribution in [0.4, 0.5) is 17.6 Å². The van der Waals surface area contributed by atoms with E-state index in [1.165, 1.54) is 12.1 Å². The number of nitrogens with zero attached hydrogens (tertiary/aromatic N) is 1. The molecule has 1 heterocycles. The lowest BCUT2D eigenvalue weighted by Gasteiger charge is -2.38. The van der Waals surface area contributed by atoms with Crippen molar-refractivity contribution in [1.82, 2.24) is 0 Å². The first-order chi connectivity index (χ1) is 16.8. The molecule has 1 aliphatic heterocycles. The molecule has 1 aliphatic carbocycles. The standard InChI is InChI=1S/C25H21BrCl3F4NO2/c1-12-3-2-4-15(7-12)36-23(35)20-22(13-5-6-19(30)16(26)8-13)34-11-24(20,25(31,32)33)14-9-17(27)21(29)18(28)10-14/h5-6,8-12,15,20,22H,2-4,7H2,1H3. The number of halogens is 8. The summed E-state index contributed by atoms with van der Waals surface area (Å²) in [4.78, 5) is 17.8. The third kappa shape index (κ3) is 5.03. The number of aliphatic imine (C=N–C) groups is 1. The minimum absolute atomic E-state index is 0.0329. The van der Waals surface area contributed by atoms with Gasteiger partial charge < -0.3 is 4.74 Å². The summed E-state index contributed by atoms with van der Waals surface area (Å²) in [7, 11) is 0. The van der Waals surface area contributed by atoms with Gasteiger partial charge in [0.15, 0.2) is 0 Å². The quantitative estimate of drug-likeness (QED) is 0.193. The van der Waals surface area contributed by atoms with E-state index in [-0.39, 0.29) is 36.6 Å². The van der Waals surface area contributed by atoms with Crippen molar-refractivity contribution >= 4 is 62.9 Å². The van der Waals surface area contributed by atoms with Gasteiger partial charge in [-0.2, -0.15) is 13.2 Å². The highest BCUT2D eigenvalue weighted by Crippen LogP contribution is 2.56. The van der Waals surface area contributed by atoms with Crippen LogP contribution in [0.5, 0.6) is 0 Å². The minimum atomic E-state index is -4.99. The fraction of sp³-hybridized carbons (Fsp3) is 0.440. The van der Waals surface area contributed by atoms with Crippen LogP contribution in [0.2, 0.25) is 15.1 Å². The van der Waals surface area contributed by atoms with Crippen molar-refractivity contribution in [3.05, 3.63) is 66.8 Å². The van der Waals surface area contributed by atoms with E-state index in [9.17, 15) is 9.18 Å². The summed E-state index contributed by atoms with van der Waals surface area (Å²) in [6.07, 6.45) is -1.90. The van der Waals surface area contributed by atoms with E-state index in [1.807, 2.05) is 6.92 Å². The Labute approximate surface area is 229 Å². The Bertz CT molecular complexity index is 1190. The van der Waals surface area contributed by atoms with E-state index in [1.54, 1.807) is 0 Å². The van der Waals surface area contributed by atoms with Crippen molar-refractivity contribution in [2.24, 2.45) is 16.8 Å². The van der Waals surface area contributed by atoms with Crippen LogP contribution < -0.4 is 0 Å². The molecule has 1 saturated carbocycles. The second kappa shape index (κ2) is 10.4. The van der Waals surface area contributed by atoms with Crippen LogP contribution in [0.25, 0.3) is 0 Å². The molecular weight excluding hydrogens is 609 g/mol. The van der Waals surface area contributed by atoms with Crippen LogP contribution in [0.1, 0.15) is 49.8 Å². The Morgan fingerprint density at radius 2 is 1.81 bits per heavy atom. The predicted molar refractivity (Wildman–Crippen MR) is 136 cm³/mol. The lowest BCUT2D eigenvalue weighted by atomic mass is 9.68. The minimum Gasteiger partial charge on any atom is -0.462 e. The van der Waals surface area contributed by atoms with E-state index in [2.05, 4.69) is 20.9 Å². The van der Waals surface area contributed by atoms with Gasteiger partial charge in [0, 0.05) is 6.21 Å². The van der Waals surface area contributed by atoms with Gasteiger partial charge in [0.1, 0.15) is 23.3 Å². The SMILES string of the molecule is CC1CCCC(OC(=O)C2C(c3ccc(F)c(Br)c3)N=CC2(c2cc(Cl)c(Cl)c(Cl)c2)C(F)(F)F)C1. The zero-order valence-electron chi connectivity index (χ0n) is 18.9. The van der Waals surface area contributed by atoms with Gasteiger partial charge in [-0.15, -0.1) is 0 Å². The average molecular weight is 630 g/mol. The predicted octanol–water partition coefficient (Wildman–Crippen LogP) is 8.91. The fourth-order valence-electron chi connectivity index (χ4n) is 5.09. The molecule has 0 N–H and O–H groups in total.